The van der Waals surface area contributed by atoms with Gasteiger partial charge >= 0.3 is 0 Å². The van der Waals surface area contributed by atoms with Crippen LogP contribution < -0.4 is 5.56 Å². The molecule has 0 radical (unpaired) electrons. The number of halogens is 1. The van der Waals surface area contributed by atoms with E-state index in [9.17, 15) is 18.8 Å². The van der Waals surface area contributed by atoms with Crippen molar-refractivity contribution in [2.24, 2.45) is 12.5 Å². The maximum Gasteiger partial charge on any atom is 0.263 e. The van der Waals surface area contributed by atoms with Crippen LogP contribution >= 0.6 is 23.1 Å². The van der Waals surface area contributed by atoms with Crippen LogP contribution in [0.4, 0.5) is 4.39 Å². The first-order chi connectivity index (χ1) is 13.7. The normalized spacial score (nSPS) is 17.2. The van der Waals surface area contributed by atoms with Crippen molar-refractivity contribution >= 4 is 44.9 Å². The minimum absolute atomic E-state index is 0.122. The molecule has 1 saturated carbocycles. The lowest BCUT2D eigenvalue weighted by Crippen LogP contribution is -2.40. The number of ketones is 2. The molecule has 3 aromatic rings. The fourth-order valence-corrected chi connectivity index (χ4v) is 5.63. The zero-order valence-corrected chi connectivity index (χ0v) is 17.8. The first kappa shape index (κ1) is 20.0. The quantitative estimate of drug-likeness (QED) is 0.460. The molecule has 8 heteroatoms. The van der Waals surface area contributed by atoms with Gasteiger partial charge in [-0.2, -0.15) is 0 Å². The van der Waals surface area contributed by atoms with Crippen molar-refractivity contribution in [3.05, 3.63) is 45.8 Å². The molecule has 0 saturated heterocycles. The fourth-order valence-electron chi connectivity index (χ4n) is 3.61. The number of thioether (sulfide) groups is 1. The van der Waals surface area contributed by atoms with E-state index in [0.29, 0.717) is 33.8 Å². The molecule has 4 rings (SSSR count). The predicted octanol–water partition coefficient (Wildman–Crippen LogP) is 4.22. The molecule has 1 aliphatic carbocycles. The summed E-state index contributed by atoms with van der Waals surface area (Å²) in [6.45, 7) is 3.82. The number of thiophene rings is 1. The van der Waals surface area contributed by atoms with Crippen LogP contribution in [0.3, 0.4) is 0 Å². The Morgan fingerprint density at radius 1 is 1.14 bits per heavy atom. The molecule has 1 fully saturated rings. The van der Waals surface area contributed by atoms with Crippen LogP contribution in [0.1, 0.15) is 26.7 Å². The highest BCUT2D eigenvalue weighted by Gasteiger charge is 2.40. The summed E-state index contributed by atoms with van der Waals surface area (Å²) in [6, 6.07) is 5.95. The number of aromatic nitrogens is 2. The Labute approximate surface area is 175 Å². The van der Waals surface area contributed by atoms with Gasteiger partial charge in [0.05, 0.1) is 5.39 Å². The summed E-state index contributed by atoms with van der Waals surface area (Å²) in [5, 5.41) is 1.80. The molecule has 0 aliphatic heterocycles. The molecule has 0 atom stereocenters. The Hall–Kier alpha value is -2.32. The van der Waals surface area contributed by atoms with Crippen LogP contribution in [-0.4, -0.2) is 26.4 Å². The summed E-state index contributed by atoms with van der Waals surface area (Å²) in [5.41, 5.74) is 0.846. The maximum absolute atomic E-state index is 13.2. The second-order valence-corrected chi connectivity index (χ2v) is 9.97. The van der Waals surface area contributed by atoms with E-state index in [1.165, 1.54) is 28.0 Å². The molecule has 29 heavy (non-hydrogen) atoms. The predicted molar refractivity (Wildman–Crippen MR) is 113 cm³/mol. The van der Waals surface area contributed by atoms with Crippen molar-refractivity contribution in [2.45, 2.75) is 37.1 Å². The van der Waals surface area contributed by atoms with Crippen molar-refractivity contribution < 1.29 is 14.0 Å². The second-order valence-electron chi connectivity index (χ2n) is 8.04. The zero-order chi connectivity index (χ0) is 20.9. The maximum atomic E-state index is 13.2. The molecule has 1 aliphatic rings. The zero-order valence-electron chi connectivity index (χ0n) is 16.2. The first-order valence-electron chi connectivity index (χ1n) is 9.12. The number of nitrogens with zero attached hydrogens (tertiary/aromatic N) is 2. The van der Waals surface area contributed by atoms with Gasteiger partial charge in [0.25, 0.3) is 5.56 Å². The van der Waals surface area contributed by atoms with Crippen LogP contribution in [0, 0.1) is 11.2 Å². The molecule has 5 nitrogen and oxygen atoms in total. The Balaban J connectivity index is 1.74. The smallest absolute Gasteiger partial charge is 0.263 e. The molecule has 0 N–H and O–H groups in total. The number of benzene rings is 1. The Morgan fingerprint density at radius 3 is 2.38 bits per heavy atom. The highest BCUT2D eigenvalue weighted by molar-refractivity contribution is 8.01. The Kier molecular flexibility index (Phi) is 4.94. The van der Waals surface area contributed by atoms with E-state index >= 15 is 0 Å². The molecule has 150 valence electrons. The van der Waals surface area contributed by atoms with Gasteiger partial charge in [-0.05, 0) is 23.1 Å². The van der Waals surface area contributed by atoms with Crippen LogP contribution in [0.15, 0.2) is 39.6 Å². The van der Waals surface area contributed by atoms with Gasteiger partial charge < -0.3 is 0 Å². The van der Waals surface area contributed by atoms with Crippen molar-refractivity contribution in [1.29, 1.82) is 0 Å². The van der Waals surface area contributed by atoms with Crippen LogP contribution in [0.25, 0.3) is 21.3 Å². The molecule has 2 aromatic heterocycles. The van der Waals surface area contributed by atoms with Gasteiger partial charge in [-0.3, -0.25) is 19.0 Å². The van der Waals surface area contributed by atoms with Crippen molar-refractivity contribution in [2.75, 3.05) is 0 Å². The summed E-state index contributed by atoms with van der Waals surface area (Å²) in [7, 11) is 1.59. The lowest BCUT2D eigenvalue weighted by Gasteiger charge is -2.31. The number of carbonyl (C=O) groups is 2. The number of hydrogen-bond donors (Lipinski definition) is 0. The Bertz CT molecular complexity index is 1180. The van der Waals surface area contributed by atoms with E-state index < -0.39 is 5.25 Å². The number of hydrogen-bond acceptors (Lipinski definition) is 6. The largest absolute Gasteiger partial charge is 0.298 e. The van der Waals surface area contributed by atoms with Gasteiger partial charge in [-0.25, -0.2) is 9.37 Å². The lowest BCUT2D eigenvalue weighted by atomic mass is 9.76. The van der Waals surface area contributed by atoms with E-state index in [0.717, 1.165) is 17.3 Å². The Morgan fingerprint density at radius 2 is 1.76 bits per heavy atom. The molecule has 2 heterocycles. The summed E-state index contributed by atoms with van der Waals surface area (Å²) in [5.74, 6) is -0.587. The molecule has 0 spiro atoms. The average molecular weight is 431 g/mol. The molecule has 0 unspecified atom stereocenters. The van der Waals surface area contributed by atoms with E-state index in [4.69, 9.17) is 0 Å². The average Bonchev–Trinajstić information content (AvgIpc) is 3.06. The van der Waals surface area contributed by atoms with Gasteiger partial charge in [-0.15, -0.1) is 11.3 Å². The van der Waals surface area contributed by atoms with Gasteiger partial charge in [-0.1, -0.05) is 37.7 Å². The first-order valence-corrected chi connectivity index (χ1v) is 10.9. The van der Waals surface area contributed by atoms with Crippen LogP contribution in [0.5, 0.6) is 0 Å². The van der Waals surface area contributed by atoms with E-state index in [1.54, 1.807) is 19.2 Å². The third-order valence-corrected chi connectivity index (χ3v) is 7.25. The van der Waals surface area contributed by atoms with Crippen LogP contribution in [-0.2, 0) is 16.6 Å². The van der Waals surface area contributed by atoms with Crippen molar-refractivity contribution in [1.82, 2.24) is 9.55 Å². The minimum atomic E-state index is -0.824. The van der Waals surface area contributed by atoms with Gasteiger partial charge in [0.15, 0.2) is 16.7 Å². The molecular formula is C21H19FN2O3S2. The van der Waals surface area contributed by atoms with Gasteiger partial charge in [0.2, 0.25) is 0 Å². The molecular weight excluding hydrogens is 411 g/mol. The van der Waals surface area contributed by atoms with E-state index in [1.807, 2.05) is 19.2 Å². The SMILES string of the molecule is Cn1c(SC2C(=O)CC(C)(C)CC2=O)nc2scc(-c3ccc(F)cc3)c2c1=O. The van der Waals surface area contributed by atoms with Crippen LogP contribution in [0.2, 0.25) is 0 Å². The third-order valence-electron chi connectivity index (χ3n) is 5.04. The number of Topliss-reactive ketones (excluding diaryl/α,β-unsaturated/α-hetero) is 2. The topological polar surface area (TPSA) is 69.0 Å². The van der Waals surface area contributed by atoms with E-state index in [2.05, 4.69) is 4.98 Å². The number of fused-ring (bicyclic) bond motifs is 1. The number of carbonyl (C=O) groups excluding carboxylic acids is 2. The minimum Gasteiger partial charge on any atom is -0.298 e. The fraction of sp³-hybridized carbons (Fsp3) is 0.333. The lowest BCUT2D eigenvalue weighted by molar-refractivity contribution is -0.132. The van der Waals surface area contributed by atoms with Crippen molar-refractivity contribution in [3.63, 3.8) is 0 Å². The van der Waals surface area contributed by atoms with Gasteiger partial charge in [0, 0.05) is 30.8 Å². The monoisotopic (exact) mass is 430 g/mol. The van der Waals surface area contributed by atoms with Crippen molar-refractivity contribution in [3.8, 4) is 11.1 Å². The summed E-state index contributed by atoms with van der Waals surface area (Å²) < 4.78 is 14.6. The molecule has 0 amide bonds. The standard InChI is InChI=1S/C21H19FN2O3S2/c1-21(2)8-14(25)17(15(26)9-21)29-20-23-18-16(19(27)24(20)3)13(10-28-18)11-4-6-12(22)7-5-11/h4-7,10,17H,8-9H2,1-3H3. The third kappa shape index (κ3) is 3.67. The summed E-state index contributed by atoms with van der Waals surface area (Å²) >= 11 is 2.37. The van der Waals surface area contributed by atoms with Gasteiger partial charge in [0.1, 0.15) is 15.9 Å². The molecule has 1 aromatic carbocycles. The highest BCUT2D eigenvalue weighted by Crippen LogP contribution is 2.38. The second kappa shape index (κ2) is 7.18. The van der Waals surface area contributed by atoms with E-state index in [-0.39, 0.29) is 28.4 Å². The highest BCUT2D eigenvalue weighted by atomic mass is 32.2. The molecule has 0 bridgehead atoms. The summed E-state index contributed by atoms with van der Waals surface area (Å²) in [6.07, 6.45) is 0.667. The summed E-state index contributed by atoms with van der Waals surface area (Å²) in [4.78, 5) is 43.2. The number of rotatable bonds is 3.